The monoisotopic (exact) mass is 336 g/mol. The van der Waals surface area contributed by atoms with Crippen LogP contribution in [0.3, 0.4) is 0 Å². The molecule has 0 aliphatic carbocycles. The molecule has 25 heavy (non-hydrogen) atoms. The van der Waals surface area contributed by atoms with Gasteiger partial charge in [0.15, 0.2) is 11.5 Å². The van der Waals surface area contributed by atoms with Crippen LogP contribution in [0.2, 0.25) is 0 Å². The van der Waals surface area contributed by atoms with Crippen molar-refractivity contribution < 1.29 is 19.0 Å². The molecule has 1 N–H and O–H groups in total. The Morgan fingerprint density at radius 1 is 1.32 bits per heavy atom. The van der Waals surface area contributed by atoms with Crippen molar-refractivity contribution in [3.63, 3.8) is 0 Å². The number of hydrogen-bond donors (Lipinski definition) is 1. The van der Waals surface area contributed by atoms with Gasteiger partial charge in [-0.2, -0.15) is 5.26 Å². The fraction of sp³-hybridized carbons (Fsp3) is 0.158. The van der Waals surface area contributed by atoms with E-state index in [1.54, 1.807) is 18.2 Å². The number of nitrogens with one attached hydrogen (secondary N) is 1. The van der Waals surface area contributed by atoms with Gasteiger partial charge in [0.1, 0.15) is 11.6 Å². The van der Waals surface area contributed by atoms with Crippen LogP contribution in [-0.4, -0.2) is 19.8 Å². The number of ether oxygens (including phenoxy) is 3. The molecule has 0 unspecified atom stereocenters. The Hall–Kier alpha value is -3.46. The number of nitriles is 1. The van der Waals surface area contributed by atoms with Crippen molar-refractivity contribution in [3.05, 3.63) is 53.1 Å². The number of benzene rings is 2. The molecule has 0 spiro atoms. The van der Waals surface area contributed by atoms with Crippen LogP contribution in [0.25, 0.3) is 6.08 Å². The Bertz CT molecular complexity index is 897. The third-order valence-corrected chi connectivity index (χ3v) is 3.75. The van der Waals surface area contributed by atoms with Gasteiger partial charge in [-0.05, 0) is 42.3 Å². The maximum absolute atomic E-state index is 12.4. The summed E-state index contributed by atoms with van der Waals surface area (Å²) in [5, 5.41) is 12.1. The second-order valence-corrected chi connectivity index (χ2v) is 5.40. The molecule has 1 amide bonds. The van der Waals surface area contributed by atoms with Crippen molar-refractivity contribution in [1.29, 1.82) is 5.26 Å². The predicted octanol–water partition coefficient (Wildman–Crippen LogP) is 3.28. The van der Waals surface area contributed by atoms with Crippen molar-refractivity contribution >= 4 is 17.7 Å². The van der Waals surface area contributed by atoms with Gasteiger partial charge in [-0.25, -0.2) is 0 Å². The van der Waals surface area contributed by atoms with E-state index >= 15 is 0 Å². The quantitative estimate of drug-likeness (QED) is 0.684. The molecule has 0 atom stereocenters. The highest BCUT2D eigenvalue weighted by Crippen LogP contribution is 2.42. The standard InChI is InChI=1S/C19H16N2O4/c1-12-5-3-4-6-15(12)21-19(22)14(10-20)7-13-8-16(23-2)18-17(9-13)24-11-25-18/h3-9H,11H2,1-2H3,(H,21,22)/b14-7+. The fourth-order valence-electron chi connectivity index (χ4n) is 2.45. The van der Waals surface area contributed by atoms with Gasteiger partial charge in [-0.15, -0.1) is 0 Å². The first kappa shape index (κ1) is 16.4. The average Bonchev–Trinajstić information content (AvgIpc) is 3.09. The lowest BCUT2D eigenvalue weighted by Crippen LogP contribution is -2.14. The van der Waals surface area contributed by atoms with Gasteiger partial charge in [-0.1, -0.05) is 18.2 Å². The SMILES string of the molecule is COc1cc(/C=C(\C#N)C(=O)Nc2ccccc2C)cc2c1OCO2. The lowest BCUT2D eigenvalue weighted by molar-refractivity contribution is -0.112. The smallest absolute Gasteiger partial charge is 0.266 e. The van der Waals surface area contributed by atoms with Gasteiger partial charge in [0.05, 0.1) is 7.11 Å². The molecule has 3 rings (SSSR count). The summed E-state index contributed by atoms with van der Waals surface area (Å²) in [5.41, 5.74) is 2.16. The highest BCUT2D eigenvalue weighted by atomic mass is 16.7. The minimum absolute atomic E-state index is 0.0239. The zero-order valence-corrected chi connectivity index (χ0v) is 13.8. The Labute approximate surface area is 145 Å². The molecular formula is C19H16N2O4. The van der Waals surface area contributed by atoms with Gasteiger partial charge in [0, 0.05) is 5.69 Å². The van der Waals surface area contributed by atoms with Crippen LogP contribution in [0.4, 0.5) is 5.69 Å². The second kappa shape index (κ2) is 6.97. The molecule has 0 bridgehead atoms. The van der Waals surface area contributed by atoms with E-state index in [0.717, 1.165) is 5.56 Å². The highest BCUT2D eigenvalue weighted by molar-refractivity contribution is 6.10. The number of rotatable bonds is 4. The highest BCUT2D eigenvalue weighted by Gasteiger charge is 2.20. The molecule has 0 aromatic heterocycles. The van der Waals surface area contributed by atoms with E-state index in [0.29, 0.717) is 28.5 Å². The third kappa shape index (κ3) is 3.40. The Kier molecular flexibility index (Phi) is 4.57. The molecule has 0 saturated carbocycles. The van der Waals surface area contributed by atoms with Crippen molar-refractivity contribution in [2.75, 3.05) is 19.2 Å². The van der Waals surface area contributed by atoms with Gasteiger partial charge in [-0.3, -0.25) is 4.79 Å². The van der Waals surface area contributed by atoms with Crippen LogP contribution >= 0.6 is 0 Å². The number of methoxy groups -OCH3 is 1. The van der Waals surface area contributed by atoms with Gasteiger partial charge < -0.3 is 19.5 Å². The van der Waals surface area contributed by atoms with E-state index in [4.69, 9.17) is 14.2 Å². The average molecular weight is 336 g/mol. The topological polar surface area (TPSA) is 80.6 Å². The molecule has 1 aliphatic heterocycles. The number of amides is 1. The largest absolute Gasteiger partial charge is 0.493 e. The van der Waals surface area contributed by atoms with Crippen molar-refractivity contribution in [2.45, 2.75) is 6.92 Å². The van der Waals surface area contributed by atoms with Crippen LogP contribution in [0.5, 0.6) is 17.2 Å². The summed E-state index contributed by atoms with van der Waals surface area (Å²) >= 11 is 0. The molecule has 0 radical (unpaired) electrons. The van der Waals surface area contributed by atoms with Crippen LogP contribution < -0.4 is 19.5 Å². The Morgan fingerprint density at radius 2 is 2.12 bits per heavy atom. The van der Waals surface area contributed by atoms with E-state index < -0.39 is 5.91 Å². The van der Waals surface area contributed by atoms with Crippen molar-refractivity contribution in [2.24, 2.45) is 0 Å². The second-order valence-electron chi connectivity index (χ2n) is 5.40. The van der Waals surface area contributed by atoms with Crippen molar-refractivity contribution in [1.82, 2.24) is 0 Å². The summed E-state index contributed by atoms with van der Waals surface area (Å²) in [5.74, 6) is 1.04. The van der Waals surface area contributed by atoms with Gasteiger partial charge in [0.25, 0.3) is 5.91 Å². The van der Waals surface area contributed by atoms with Crippen LogP contribution in [0.1, 0.15) is 11.1 Å². The number of fused-ring (bicyclic) bond motifs is 1. The minimum atomic E-state index is -0.478. The number of hydrogen-bond acceptors (Lipinski definition) is 5. The Balaban J connectivity index is 1.89. The molecular weight excluding hydrogens is 320 g/mol. The summed E-state index contributed by atoms with van der Waals surface area (Å²) < 4.78 is 16.0. The lowest BCUT2D eigenvalue weighted by Gasteiger charge is -2.08. The first-order chi connectivity index (χ1) is 12.1. The number of carbonyl (C=O) groups excluding carboxylic acids is 1. The number of anilines is 1. The molecule has 0 saturated heterocycles. The summed E-state index contributed by atoms with van der Waals surface area (Å²) in [6, 6.07) is 12.7. The molecule has 0 fully saturated rings. The molecule has 6 nitrogen and oxygen atoms in total. The van der Waals surface area contributed by atoms with Crippen LogP contribution in [0, 0.1) is 18.3 Å². The lowest BCUT2D eigenvalue weighted by atomic mass is 10.1. The Morgan fingerprint density at radius 3 is 2.84 bits per heavy atom. The van der Waals surface area contributed by atoms with Crippen molar-refractivity contribution in [3.8, 4) is 23.3 Å². The number of nitrogens with zero attached hydrogens (tertiary/aromatic N) is 1. The minimum Gasteiger partial charge on any atom is -0.493 e. The molecule has 2 aromatic rings. The maximum atomic E-state index is 12.4. The third-order valence-electron chi connectivity index (χ3n) is 3.75. The van der Waals surface area contributed by atoms with Gasteiger partial charge in [0.2, 0.25) is 12.5 Å². The molecule has 1 heterocycles. The van der Waals surface area contributed by atoms with Crippen LogP contribution in [0.15, 0.2) is 42.0 Å². The summed E-state index contributed by atoms with van der Waals surface area (Å²) in [6.07, 6.45) is 1.48. The van der Waals surface area contributed by atoms with Gasteiger partial charge >= 0.3 is 0 Å². The molecule has 6 heteroatoms. The van der Waals surface area contributed by atoms with E-state index in [1.807, 2.05) is 31.2 Å². The predicted molar refractivity (Wildman–Crippen MR) is 92.5 cm³/mol. The van der Waals surface area contributed by atoms with E-state index in [2.05, 4.69) is 5.32 Å². The first-order valence-corrected chi connectivity index (χ1v) is 7.59. The fourth-order valence-corrected chi connectivity index (χ4v) is 2.45. The molecule has 2 aromatic carbocycles. The van der Waals surface area contributed by atoms with E-state index in [1.165, 1.54) is 13.2 Å². The first-order valence-electron chi connectivity index (χ1n) is 7.59. The zero-order valence-electron chi connectivity index (χ0n) is 13.8. The molecule has 1 aliphatic rings. The number of para-hydroxylation sites is 1. The van der Waals surface area contributed by atoms with E-state index in [9.17, 15) is 10.1 Å². The molecule has 126 valence electrons. The normalized spacial score (nSPS) is 12.4. The number of carbonyl (C=O) groups is 1. The summed E-state index contributed by atoms with van der Waals surface area (Å²) in [4.78, 5) is 12.4. The zero-order chi connectivity index (χ0) is 17.8. The summed E-state index contributed by atoms with van der Waals surface area (Å²) in [6.45, 7) is 1.99. The van der Waals surface area contributed by atoms with Crippen LogP contribution in [-0.2, 0) is 4.79 Å². The number of aryl methyl sites for hydroxylation is 1. The maximum Gasteiger partial charge on any atom is 0.266 e. The van der Waals surface area contributed by atoms with E-state index in [-0.39, 0.29) is 12.4 Å². The summed E-state index contributed by atoms with van der Waals surface area (Å²) in [7, 11) is 1.51.